The maximum Gasteiger partial charge on any atom is 0.237 e. The van der Waals surface area contributed by atoms with Crippen molar-refractivity contribution in [2.45, 2.75) is 17.3 Å². The van der Waals surface area contributed by atoms with E-state index in [1.807, 2.05) is 24.3 Å². The molecule has 1 unspecified atom stereocenters. The van der Waals surface area contributed by atoms with Crippen LogP contribution >= 0.6 is 23.4 Å². The number of amides is 1. The van der Waals surface area contributed by atoms with E-state index in [1.54, 1.807) is 31.2 Å². The second kappa shape index (κ2) is 6.93. The average molecular weight is 384 g/mol. The minimum Gasteiger partial charge on any atom is -0.338 e. The van der Waals surface area contributed by atoms with Gasteiger partial charge in [0, 0.05) is 21.6 Å². The van der Waals surface area contributed by atoms with Crippen molar-refractivity contribution in [2.24, 2.45) is 0 Å². The zero-order valence-corrected chi connectivity index (χ0v) is 15.3. The molecular weight excluding hydrogens is 370 g/mol. The highest BCUT2D eigenvalue weighted by Gasteiger charge is 2.17. The van der Waals surface area contributed by atoms with Crippen molar-refractivity contribution in [3.8, 4) is 0 Å². The van der Waals surface area contributed by atoms with Crippen molar-refractivity contribution < 1.29 is 4.79 Å². The van der Waals surface area contributed by atoms with Gasteiger partial charge in [0.15, 0.2) is 5.65 Å². The number of rotatable bonds is 4. The Morgan fingerprint density at radius 2 is 1.92 bits per heavy atom. The third-order valence-electron chi connectivity index (χ3n) is 3.87. The van der Waals surface area contributed by atoms with Crippen molar-refractivity contribution >= 4 is 57.0 Å². The van der Waals surface area contributed by atoms with Crippen LogP contribution in [0.1, 0.15) is 6.92 Å². The first-order chi connectivity index (χ1) is 12.6. The molecule has 1 atom stereocenters. The van der Waals surface area contributed by atoms with Gasteiger partial charge in [0.25, 0.3) is 0 Å². The second-order valence-corrected chi connectivity index (χ2v) is 7.46. The van der Waals surface area contributed by atoms with Gasteiger partial charge in [-0.05, 0) is 37.3 Å². The van der Waals surface area contributed by atoms with Crippen LogP contribution < -0.4 is 5.32 Å². The fourth-order valence-corrected chi connectivity index (χ4v) is 3.38. The number of fused-ring (bicyclic) bond motifs is 3. The van der Waals surface area contributed by atoms with E-state index in [0.717, 1.165) is 16.4 Å². The number of carbonyl (C=O) groups excluding carboxylic acids is 1. The number of aromatic amines is 1. The smallest absolute Gasteiger partial charge is 0.237 e. The molecule has 2 N–H and O–H groups in total. The third kappa shape index (κ3) is 3.36. The molecule has 0 saturated heterocycles. The Morgan fingerprint density at radius 1 is 1.15 bits per heavy atom. The monoisotopic (exact) mass is 383 g/mol. The normalized spacial score (nSPS) is 12.4. The van der Waals surface area contributed by atoms with Crippen LogP contribution in [0.5, 0.6) is 0 Å². The summed E-state index contributed by atoms with van der Waals surface area (Å²) in [5.74, 6) is -0.141. The van der Waals surface area contributed by atoms with E-state index in [-0.39, 0.29) is 11.2 Å². The minimum atomic E-state index is -0.380. The molecule has 0 aliphatic carbocycles. The van der Waals surface area contributed by atoms with Crippen LogP contribution in [0, 0.1) is 0 Å². The number of nitrogens with one attached hydrogen (secondary N) is 2. The Morgan fingerprint density at radius 3 is 2.73 bits per heavy atom. The summed E-state index contributed by atoms with van der Waals surface area (Å²) < 4.78 is 0. The molecule has 8 heteroatoms. The van der Waals surface area contributed by atoms with Crippen LogP contribution in [-0.4, -0.2) is 31.3 Å². The van der Waals surface area contributed by atoms with Crippen LogP contribution in [0.2, 0.25) is 5.02 Å². The standard InChI is InChI=1S/C18H14ClN5OS/c1-10(17(25)20-12-8-6-11(19)7-9-12)26-18-22-16-15(23-24-18)13-4-2-3-5-14(13)21-16/h2-10H,1H3,(H,20,25)(H,21,22,24). The average Bonchev–Trinajstić information content (AvgIpc) is 3.01. The van der Waals surface area contributed by atoms with E-state index < -0.39 is 0 Å². The summed E-state index contributed by atoms with van der Waals surface area (Å²) in [6, 6.07) is 14.8. The Bertz CT molecular complexity index is 1100. The highest BCUT2D eigenvalue weighted by molar-refractivity contribution is 8.00. The molecular formula is C18H14ClN5OS. The van der Waals surface area contributed by atoms with E-state index in [1.165, 1.54) is 11.8 Å². The van der Waals surface area contributed by atoms with Gasteiger partial charge in [0.1, 0.15) is 5.52 Å². The molecule has 0 aliphatic rings. The van der Waals surface area contributed by atoms with Crippen LogP contribution in [0.15, 0.2) is 53.7 Å². The lowest BCUT2D eigenvalue weighted by Crippen LogP contribution is -2.22. The number of thioether (sulfide) groups is 1. The predicted molar refractivity (Wildman–Crippen MR) is 105 cm³/mol. The number of H-pyrrole nitrogens is 1. The first-order valence-electron chi connectivity index (χ1n) is 7.94. The molecule has 26 heavy (non-hydrogen) atoms. The third-order valence-corrected chi connectivity index (χ3v) is 5.07. The molecule has 0 aliphatic heterocycles. The fraction of sp³-hybridized carbons (Fsp3) is 0.111. The predicted octanol–water partition coefficient (Wildman–Crippen LogP) is 4.28. The highest BCUT2D eigenvalue weighted by Crippen LogP contribution is 2.25. The first kappa shape index (κ1) is 16.8. The van der Waals surface area contributed by atoms with E-state index in [0.29, 0.717) is 21.5 Å². The molecule has 2 heterocycles. The van der Waals surface area contributed by atoms with Crippen molar-refractivity contribution in [1.82, 2.24) is 20.2 Å². The summed E-state index contributed by atoms with van der Waals surface area (Å²) >= 11 is 7.11. The van der Waals surface area contributed by atoms with E-state index in [9.17, 15) is 4.79 Å². The number of halogens is 1. The van der Waals surface area contributed by atoms with Gasteiger partial charge >= 0.3 is 0 Å². The maximum atomic E-state index is 12.4. The SMILES string of the molecule is CC(Sc1nnc2c(n1)[nH]c1ccccc12)C(=O)Nc1ccc(Cl)cc1. The van der Waals surface area contributed by atoms with Crippen LogP contribution in [-0.2, 0) is 4.79 Å². The summed E-state index contributed by atoms with van der Waals surface area (Å²) in [7, 11) is 0. The first-order valence-corrected chi connectivity index (χ1v) is 9.20. The van der Waals surface area contributed by atoms with Gasteiger partial charge in [-0.1, -0.05) is 41.6 Å². The Balaban J connectivity index is 1.51. The number of carbonyl (C=O) groups is 1. The van der Waals surface area contributed by atoms with Crippen LogP contribution in [0.3, 0.4) is 0 Å². The maximum absolute atomic E-state index is 12.4. The summed E-state index contributed by atoms with van der Waals surface area (Å²) in [5, 5.41) is 12.9. The van der Waals surface area contributed by atoms with Gasteiger partial charge in [-0.2, -0.15) is 0 Å². The number of anilines is 1. The van der Waals surface area contributed by atoms with Crippen LogP contribution in [0.25, 0.3) is 22.1 Å². The van der Waals surface area contributed by atoms with Crippen molar-refractivity contribution in [3.05, 3.63) is 53.6 Å². The van der Waals surface area contributed by atoms with Gasteiger partial charge in [-0.3, -0.25) is 4.79 Å². The van der Waals surface area contributed by atoms with Crippen molar-refractivity contribution in [1.29, 1.82) is 0 Å². The quantitative estimate of drug-likeness (QED) is 0.514. The summed E-state index contributed by atoms with van der Waals surface area (Å²) in [6.07, 6.45) is 0. The van der Waals surface area contributed by atoms with E-state index in [4.69, 9.17) is 11.6 Å². The Labute approximate surface area is 158 Å². The van der Waals surface area contributed by atoms with Gasteiger partial charge in [-0.15, -0.1) is 10.2 Å². The topological polar surface area (TPSA) is 83.6 Å². The molecule has 0 spiro atoms. The Hall–Kier alpha value is -2.64. The van der Waals surface area contributed by atoms with Gasteiger partial charge in [-0.25, -0.2) is 4.98 Å². The van der Waals surface area contributed by atoms with Crippen LogP contribution in [0.4, 0.5) is 5.69 Å². The van der Waals surface area contributed by atoms with E-state index in [2.05, 4.69) is 25.5 Å². The Kier molecular flexibility index (Phi) is 4.48. The minimum absolute atomic E-state index is 0.141. The zero-order chi connectivity index (χ0) is 18.1. The zero-order valence-electron chi connectivity index (χ0n) is 13.7. The molecule has 130 valence electrons. The second-order valence-electron chi connectivity index (χ2n) is 5.72. The molecule has 2 aromatic heterocycles. The molecule has 1 amide bonds. The summed E-state index contributed by atoms with van der Waals surface area (Å²) in [4.78, 5) is 20.1. The highest BCUT2D eigenvalue weighted by atomic mass is 35.5. The van der Waals surface area contributed by atoms with Crippen molar-refractivity contribution in [2.75, 3.05) is 5.32 Å². The van der Waals surface area contributed by atoms with E-state index >= 15 is 0 Å². The molecule has 4 rings (SSSR count). The lowest BCUT2D eigenvalue weighted by Gasteiger charge is -2.10. The van der Waals surface area contributed by atoms with Gasteiger partial charge < -0.3 is 10.3 Å². The largest absolute Gasteiger partial charge is 0.338 e. The van der Waals surface area contributed by atoms with Gasteiger partial charge in [0.2, 0.25) is 11.1 Å². The number of hydrogen-bond acceptors (Lipinski definition) is 5. The number of aromatic nitrogens is 4. The summed E-state index contributed by atoms with van der Waals surface area (Å²) in [5.41, 5.74) is 3.04. The number of nitrogens with zero attached hydrogens (tertiary/aromatic N) is 3. The van der Waals surface area contributed by atoms with Crippen molar-refractivity contribution in [3.63, 3.8) is 0 Å². The lowest BCUT2D eigenvalue weighted by atomic mass is 10.2. The lowest BCUT2D eigenvalue weighted by molar-refractivity contribution is -0.115. The molecule has 0 radical (unpaired) electrons. The summed E-state index contributed by atoms with van der Waals surface area (Å²) in [6.45, 7) is 1.80. The molecule has 2 aromatic carbocycles. The fourth-order valence-electron chi connectivity index (χ4n) is 2.54. The number of para-hydroxylation sites is 1. The number of hydrogen-bond donors (Lipinski definition) is 2. The molecule has 0 bridgehead atoms. The molecule has 0 fully saturated rings. The van der Waals surface area contributed by atoms with Gasteiger partial charge in [0.05, 0.1) is 5.25 Å². The number of benzene rings is 2. The molecule has 6 nitrogen and oxygen atoms in total. The molecule has 0 saturated carbocycles. The molecule has 4 aromatic rings.